The first-order valence-electron chi connectivity index (χ1n) is 5.47. The maximum absolute atomic E-state index is 10.3. The first kappa shape index (κ1) is 13.6. The van der Waals surface area contributed by atoms with Crippen molar-refractivity contribution >= 4 is 28.5 Å². The van der Waals surface area contributed by atoms with Crippen LogP contribution >= 0.6 is 0 Å². The second-order valence-electron chi connectivity index (χ2n) is 3.68. The molecule has 19 heavy (non-hydrogen) atoms. The summed E-state index contributed by atoms with van der Waals surface area (Å²) in [6.45, 7) is 1.47. The standard InChI is InChI=1S/C12H12N2O4S/c1-9(18-19(15)16)17-14-8-10-4-5-11-3-2-6-13-12(11)7-10/h2-9H,1H3,(H,15,16). The quantitative estimate of drug-likeness (QED) is 0.392. The monoisotopic (exact) mass is 280 g/mol. The molecular formula is C12H12N2O4S. The zero-order valence-corrected chi connectivity index (χ0v) is 10.9. The van der Waals surface area contributed by atoms with Crippen LogP contribution in [0.2, 0.25) is 0 Å². The van der Waals surface area contributed by atoms with E-state index in [-0.39, 0.29) is 0 Å². The molecule has 0 fully saturated rings. The number of fused-ring (bicyclic) bond motifs is 1. The maximum Gasteiger partial charge on any atom is 0.305 e. The van der Waals surface area contributed by atoms with Crippen LogP contribution in [0.15, 0.2) is 41.7 Å². The van der Waals surface area contributed by atoms with Gasteiger partial charge in [0.15, 0.2) is 0 Å². The number of benzene rings is 1. The molecule has 0 radical (unpaired) electrons. The molecule has 1 N–H and O–H groups in total. The lowest BCUT2D eigenvalue weighted by molar-refractivity contribution is -0.0609. The molecule has 0 aliphatic rings. The Morgan fingerprint density at radius 1 is 1.47 bits per heavy atom. The largest absolute Gasteiger partial charge is 0.363 e. The maximum atomic E-state index is 10.3. The summed E-state index contributed by atoms with van der Waals surface area (Å²) in [5.41, 5.74) is 1.66. The van der Waals surface area contributed by atoms with Gasteiger partial charge in [0.2, 0.25) is 6.29 Å². The van der Waals surface area contributed by atoms with Crippen molar-refractivity contribution in [2.45, 2.75) is 13.2 Å². The van der Waals surface area contributed by atoms with Crippen molar-refractivity contribution in [3.63, 3.8) is 0 Å². The van der Waals surface area contributed by atoms with Crippen LogP contribution < -0.4 is 0 Å². The van der Waals surface area contributed by atoms with Crippen LogP contribution in [0.4, 0.5) is 0 Å². The second kappa shape index (κ2) is 6.37. The van der Waals surface area contributed by atoms with Gasteiger partial charge >= 0.3 is 11.4 Å². The molecule has 2 unspecified atom stereocenters. The Morgan fingerprint density at radius 2 is 2.32 bits per heavy atom. The number of pyridine rings is 1. The van der Waals surface area contributed by atoms with Crippen LogP contribution in [-0.2, 0) is 20.4 Å². The molecule has 0 aliphatic heterocycles. The summed E-state index contributed by atoms with van der Waals surface area (Å²) in [6, 6.07) is 9.48. The van der Waals surface area contributed by atoms with E-state index in [1.54, 1.807) is 6.20 Å². The molecule has 2 rings (SSSR count). The molecule has 0 bridgehead atoms. The van der Waals surface area contributed by atoms with E-state index in [0.717, 1.165) is 16.5 Å². The van der Waals surface area contributed by atoms with Gasteiger partial charge in [-0.2, -0.15) is 4.21 Å². The van der Waals surface area contributed by atoms with Crippen LogP contribution in [0.3, 0.4) is 0 Å². The normalized spacial score (nSPS) is 14.6. The van der Waals surface area contributed by atoms with Crippen LogP contribution in [0, 0.1) is 0 Å². The van der Waals surface area contributed by atoms with Crippen molar-refractivity contribution in [1.29, 1.82) is 0 Å². The highest BCUT2D eigenvalue weighted by Crippen LogP contribution is 2.12. The smallest absolute Gasteiger partial charge is 0.305 e. The topological polar surface area (TPSA) is 81.0 Å². The molecule has 0 saturated carbocycles. The molecule has 0 saturated heterocycles. The minimum atomic E-state index is -2.37. The predicted octanol–water partition coefficient (Wildman–Crippen LogP) is 2.08. The van der Waals surface area contributed by atoms with Crippen molar-refractivity contribution in [2.24, 2.45) is 5.16 Å². The van der Waals surface area contributed by atoms with Gasteiger partial charge in [0, 0.05) is 18.5 Å². The van der Waals surface area contributed by atoms with Crippen molar-refractivity contribution in [3.05, 3.63) is 42.1 Å². The first-order valence-corrected chi connectivity index (χ1v) is 6.50. The van der Waals surface area contributed by atoms with Gasteiger partial charge in [-0.1, -0.05) is 23.4 Å². The summed E-state index contributed by atoms with van der Waals surface area (Å²) in [5, 5.41) is 4.71. The van der Waals surface area contributed by atoms with Crippen molar-refractivity contribution in [3.8, 4) is 0 Å². The lowest BCUT2D eigenvalue weighted by Gasteiger charge is -2.05. The number of aromatic nitrogens is 1. The third kappa shape index (κ3) is 4.09. The fraction of sp³-hybridized carbons (Fsp3) is 0.167. The molecule has 0 aliphatic carbocycles. The Balaban J connectivity index is 2.02. The molecule has 2 aromatic rings. The van der Waals surface area contributed by atoms with Crippen LogP contribution in [0.5, 0.6) is 0 Å². The molecule has 2 atom stereocenters. The van der Waals surface area contributed by atoms with Gasteiger partial charge in [0.25, 0.3) is 0 Å². The van der Waals surface area contributed by atoms with Gasteiger partial charge < -0.3 is 4.84 Å². The summed E-state index contributed by atoms with van der Waals surface area (Å²) in [6.07, 6.45) is 2.29. The Bertz CT molecular complexity index is 617. The number of hydrogen-bond donors (Lipinski definition) is 1. The summed E-state index contributed by atoms with van der Waals surface area (Å²) >= 11 is -2.37. The van der Waals surface area contributed by atoms with Crippen LogP contribution in [-0.4, -0.2) is 26.3 Å². The molecule has 7 heteroatoms. The zero-order chi connectivity index (χ0) is 13.7. The lowest BCUT2D eigenvalue weighted by Crippen LogP contribution is -2.11. The van der Waals surface area contributed by atoms with E-state index in [1.807, 2.05) is 30.3 Å². The average Bonchev–Trinajstić information content (AvgIpc) is 2.37. The molecule has 0 spiro atoms. The first-order chi connectivity index (χ1) is 9.15. The fourth-order valence-corrected chi connectivity index (χ4v) is 1.74. The van der Waals surface area contributed by atoms with E-state index < -0.39 is 17.7 Å². The van der Waals surface area contributed by atoms with E-state index in [1.165, 1.54) is 13.1 Å². The third-order valence-corrected chi connectivity index (χ3v) is 2.69. The van der Waals surface area contributed by atoms with Crippen molar-refractivity contribution < 1.29 is 17.8 Å². The highest BCUT2D eigenvalue weighted by molar-refractivity contribution is 7.74. The van der Waals surface area contributed by atoms with E-state index in [0.29, 0.717) is 0 Å². The Hall–Kier alpha value is -1.83. The van der Waals surface area contributed by atoms with Gasteiger partial charge in [-0.3, -0.25) is 9.54 Å². The Labute approximate surface area is 112 Å². The van der Waals surface area contributed by atoms with Crippen LogP contribution in [0.25, 0.3) is 10.9 Å². The third-order valence-electron chi connectivity index (χ3n) is 2.26. The summed E-state index contributed by atoms with van der Waals surface area (Å²) in [5.74, 6) is 0. The van der Waals surface area contributed by atoms with Gasteiger partial charge in [0.05, 0.1) is 11.7 Å². The number of oxime groups is 1. The minimum absolute atomic E-state index is 0.809. The van der Waals surface area contributed by atoms with E-state index >= 15 is 0 Å². The zero-order valence-electron chi connectivity index (χ0n) is 10.1. The SMILES string of the molecule is CC(ON=Cc1ccc2cccnc2c1)OS(=O)O. The number of hydrogen-bond acceptors (Lipinski definition) is 5. The number of rotatable bonds is 5. The molecule has 0 amide bonds. The van der Waals surface area contributed by atoms with Gasteiger partial charge in [-0.25, -0.2) is 4.18 Å². The number of nitrogens with zero attached hydrogens (tertiary/aromatic N) is 2. The van der Waals surface area contributed by atoms with Crippen LogP contribution in [0.1, 0.15) is 12.5 Å². The summed E-state index contributed by atoms with van der Waals surface area (Å²) in [4.78, 5) is 9.07. The molecule has 1 heterocycles. The molecular weight excluding hydrogens is 268 g/mol. The van der Waals surface area contributed by atoms with Gasteiger partial charge in [0.1, 0.15) is 0 Å². The van der Waals surface area contributed by atoms with E-state index in [2.05, 4.69) is 14.3 Å². The van der Waals surface area contributed by atoms with E-state index in [9.17, 15) is 4.21 Å². The summed E-state index contributed by atoms with van der Waals surface area (Å²) < 4.78 is 23.2. The Morgan fingerprint density at radius 3 is 3.11 bits per heavy atom. The second-order valence-corrected chi connectivity index (χ2v) is 4.30. The minimum Gasteiger partial charge on any atom is -0.363 e. The molecule has 100 valence electrons. The highest BCUT2D eigenvalue weighted by atomic mass is 32.2. The molecule has 1 aromatic carbocycles. The lowest BCUT2D eigenvalue weighted by atomic mass is 10.1. The van der Waals surface area contributed by atoms with Gasteiger partial charge in [-0.15, -0.1) is 0 Å². The van der Waals surface area contributed by atoms with Gasteiger partial charge in [-0.05, 0) is 17.7 Å². The molecule has 6 nitrogen and oxygen atoms in total. The average molecular weight is 280 g/mol. The summed E-state index contributed by atoms with van der Waals surface area (Å²) in [7, 11) is 0. The highest BCUT2D eigenvalue weighted by Gasteiger charge is 2.05. The predicted molar refractivity (Wildman–Crippen MR) is 71.7 cm³/mol. The van der Waals surface area contributed by atoms with E-state index in [4.69, 9.17) is 9.39 Å². The fourth-order valence-electron chi connectivity index (χ4n) is 1.47. The Kier molecular flexibility index (Phi) is 4.56. The van der Waals surface area contributed by atoms with Crippen molar-refractivity contribution in [1.82, 2.24) is 4.98 Å². The molecule has 1 aromatic heterocycles. The van der Waals surface area contributed by atoms with Crippen molar-refractivity contribution in [2.75, 3.05) is 0 Å².